The topological polar surface area (TPSA) is 64.6 Å². The number of carbonyl (C=O) groups excluding carboxylic acids is 2. The van der Waals surface area contributed by atoms with Crippen molar-refractivity contribution in [1.29, 1.82) is 0 Å². The molecule has 0 bridgehead atoms. The first-order valence-corrected chi connectivity index (χ1v) is 10.6. The first-order chi connectivity index (χ1) is 14.3. The van der Waals surface area contributed by atoms with Gasteiger partial charge < -0.3 is 14.8 Å². The van der Waals surface area contributed by atoms with Gasteiger partial charge >= 0.3 is 12.1 Å². The van der Waals surface area contributed by atoms with E-state index < -0.39 is 11.7 Å². The normalized spacial score (nSPS) is 13.9. The second kappa shape index (κ2) is 9.33. The molecule has 2 aromatic rings. The summed E-state index contributed by atoms with van der Waals surface area (Å²) in [5.74, 6) is -0.307. The zero-order valence-corrected chi connectivity index (χ0v) is 18.2. The number of carbonyl (C=O) groups is 2. The average Bonchev–Trinajstić information content (AvgIpc) is 2.99. The summed E-state index contributed by atoms with van der Waals surface area (Å²) < 4.78 is 11.0. The van der Waals surface area contributed by atoms with E-state index in [4.69, 9.17) is 9.47 Å². The highest BCUT2D eigenvalue weighted by Crippen LogP contribution is 2.44. The van der Waals surface area contributed by atoms with Gasteiger partial charge in [-0.05, 0) is 49.4 Å². The van der Waals surface area contributed by atoms with E-state index >= 15 is 0 Å². The van der Waals surface area contributed by atoms with Gasteiger partial charge in [-0.1, -0.05) is 61.9 Å². The largest absolute Gasteiger partial charge is 0.460 e. The van der Waals surface area contributed by atoms with Gasteiger partial charge in [0.1, 0.15) is 12.2 Å². The first-order valence-electron chi connectivity index (χ1n) is 10.6. The summed E-state index contributed by atoms with van der Waals surface area (Å²) in [7, 11) is 0. The van der Waals surface area contributed by atoms with Gasteiger partial charge in [0.15, 0.2) is 0 Å². The molecule has 1 N–H and O–H groups in total. The number of fused-ring (bicyclic) bond motifs is 3. The van der Waals surface area contributed by atoms with Crippen molar-refractivity contribution in [3.05, 3.63) is 59.7 Å². The smallest absolute Gasteiger partial charge is 0.407 e. The molecule has 0 aromatic heterocycles. The van der Waals surface area contributed by atoms with Crippen LogP contribution < -0.4 is 5.32 Å². The highest BCUT2D eigenvalue weighted by molar-refractivity contribution is 5.79. The van der Waals surface area contributed by atoms with Crippen LogP contribution in [0, 0.1) is 0 Å². The lowest BCUT2D eigenvalue weighted by atomic mass is 9.98. The van der Waals surface area contributed by atoms with Crippen LogP contribution in [0.5, 0.6) is 0 Å². The molecule has 1 amide bonds. The second-order valence-electron chi connectivity index (χ2n) is 8.75. The number of ether oxygens (including phenoxy) is 2. The molecule has 3 rings (SSSR count). The van der Waals surface area contributed by atoms with Crippen LogP contribution in [-0.4, -0.2) is 30.3 Å². The minimum Gasteiger partial charge on any atom is -0.460 e. The summed E-state index contributed by atoms with van der Waals surface area (Å²) in [5, 5.41) is 2.84. The number of rotatable bonds is 7. The quantitative estimate of drug-likeness (QED) is 0.620. The number of benzene rings is 2. The Morgan fingerprint density at radius 1 is 1.00 bits per heavy atom. The van der Waals surface area contributed by atoms with Crippen LogP contribution in [-0.2, 0) is 14.3 Å². The average molecular weight is 410 g/mol. The predicted molar refractivity (Wildman–Crippen MR) is 117 cm³/mol. The fourth-order valence-electron chi connectivity index (χ4n) is 3.96. The lowest BCUT2D eigenvalue weighted by molar-refractivity contribution is -0.155. The molecule has 0 unspecified atom stereocenters. The van der Waals surface area contributed by atoms with Crippen molar-refractivity contribution in [3.8, 4) is 11.1 Å². The fraction of sp³-hybridized carbons (Fsp3) is 0.440. The minimum atomic E-state index is -0.544. The molecule has 0 saturated carbocycles. The molecule has 1 aliphatic rings. The summed E-state index contributed by atoms with van der Waals surface area (Å²) in [6.45, 7) is 7.77. The maximum Gasteiger partial charge on any atom is 0.407 e. The molecule has 0 heterocycles. The molecule has 0 fully saturated rings. The summed E-state index contributed by atoms with van der Waals surface area (Å²) in [5.41, 5.74) is 4.18. The molecule has 0 radical (unpaired) electrons. The predicted octanol–water partition coefficient (Wildman–Crippen LogP) is 5.43. The lowest BCUT2D eigenvalue weighted by Gasteiger charge is -2.23. The number of hydrogen-bond donors (Lipinski definition) is 1. The third kappa shape index (κ3) is 5.41. The Kier molecular flexibility index (Phi) is 6.80. The van der Waals surface area contributed by atoms with Gasteiger partial charge in [-0.2, -0.15) is 0 Å². The molecule has 160 valence electrons. The van der Waals surface area contributed by atoms with E-state index in [0.29, 0.717) is 6.42 Å². The Balaban J connectivity index is 1.61. The SMILES string of the molecule is CCC[C@H](CC(=O)OC(C)(C)C)NC(=O)OCC1c2ccccc2-c2ccccc21. The van der Waals surface area contributed by atoms with E-state index in [9.17, 15) is 9.59 Å². The fourth-order valence-corrected chi connectivity index (χ4v) is 3.96. The zero-order chi connectivity index (χ0) is 21.7. The van der Waals surface area contributed by atoms with E-state index in [-0.39, 0.29) is 31.0 Å². The van der Waals surface area contributed by atoms with Crippen LogP contribution in [0.15, 0.2) is 48.5 Å². The monoisotopic (exact) mass is 409 g/mol. The van der Waals surface area contributed by atoms with Crippen LogP contribution in [0.2, 0.25) is 0 Å². The van der Waals surface area contributed by atoms with E-state index in [1.807, 2.05) is 52.0 Å². The van der Waals surface area contributed by atoms with Crippen LogP contribution in [0.3, 0.4) is 0 Å². The molecule has 0 spiro atoms. The van der Waals surface area contributed by atoms with Gasteiger partial charge in [0, 0.05) is 12.0 Å². The standard InChI is InChI=1S/C25H31NO4/c1-5-10-17(15-23(27)30-25(2,3)4)26-24(28)29-16-22-20-13-8-6-11-18(20)19-12-7-9-14-21(19)22/h6-9,11-14,17,22H,5,10,15-16H2,1-4H3,(H,26,28)/t17-/m1/s1. The second-order valence-corrected chi connectivity index (χ2v) is 8.75. The summed E-state index contributed by atoms with van der Waals surface area (Å²) >= 11 is 0. The highest BCUT2D eigenvalue weighted by Gasteiger charge is 2.29. The Labute approximate surface area is 178 Å². The van der Waals surface area contributed by atoms with Gasteiger partial charge in [0.05, 0.1) is 6.42 Å². The van der Waals surface area contributed by atoms with Crippen molar-refractivity contribution < 1.29 is 19.1 Å². The van der Waals surface area contributed by atoms with Crippen LogP contribution in [0.1, 0.15) is 64.0 Å². The van der Waals surface area contributed by atoms with Crippen molar-refractivity contribution in [2.75, 3.05) is 6.61 Å². The molecular formula is C25H31NO4. The van der Waals surface area contributed by atoms with Gasteiger partial charge in [0.25, 0.3) is 0 Å². The van der Waals surface area contributed by atoms with E-state index in [1.165, 1.54) is 22.3 Å². The molecule has 5 nitrogen and oxygen atoms in total. The van der Waals surface area contributed by atoms with Gasteiger partial charge in [-0.15, -0.1) is 0 Å². The number of hydrogen-bond acceptors (Lipinski definition) is 4. The van der Waals surface area contributed by atoms with Crippen molar-refractivity contribution in [2.45, 2.75) is 64.5 Å². The Hall–Kier alpha value is -2.82. The number of amides is 1. The molecule has 1 aliphatic carbocycles. The summed E-state index contributed by atoms with van der Waals surface area (Å²) in [6, 6.07) is 16.1. The number of alkyl carbamates (subject to hydrolysis) is 1. The number of esters is 1. The van der Waals surface area contributed by atoms with Crippen molar-refractivity contribution in [2.24, 2.45) is 0 Å². The lowest BCUT2D eigenvalue weighted by Crippen LogP contribution is -2.38. The Morgan fingerprint density at radius 2 is 1.57 bits per heavy atom. The van der Waals surface area contributed by atoms with Gasteiger partial charge in [-0.3, -0.25) is 4.79 Å². The zero-order valence-electron chi connectivity index (χ0n) is 18.2. The van der Waals surface area contributed by atoms with Crippen molar-refractivity contribution in [3.63, 3.8) is 0 Å². The maximum atomic E-state index is 12.5. The molecular weight excluding hydrogens is 378 g/mol. The molecule has 2 aromatic carbocycles. The third-order valence-corrected chi connectivity index (χ3v) is 5.14. The minimum absolute atomic E-state index is 0.0126. The Morgan fingerprint density at radius 3 is 2.10 bits per heavy atom. The van der Waals surface area contributed by atoms with Crippen molar-refractivity contribution in [1.82, 2.24) is 5.32 Å². The van der Waals surface area contributed by atoms with Crippen molar-refractivity contribution >= 4 is 12.1 Å². The molecule has 30 heavy (non-hydrogen) atoms. The maximum absolute atomic E-state index is 12.5. The Bertz CT molecular complexity index is 855. The first kappa shape index (κ1) is 21.9. The molecule has 0 saturated heterocycles. The van der Waals surface area contributed by atoms with Gasteiger partial charge in [-0.25, -0.2) is 4.79 Å². The van der Waals surface area contributed by atoms with Crippen LogP contribution >= 0.6 is 0 Å². The van der Waals surface area contributed by atoms with E-state index in [2.05, 4.69) is 29.6 Å². The molecule has 5 heteroatoms. The third-order valence-electron chi connectivity index (χ3n) is 5.14. The van der Waals surface area contributed by atoms with Gasteiger partial charge in [0.2, 0.25) is 0 Å². The van der Waals surface area contributed by atoms with Crippen LogP contribution in [0.25, 0.3) is 11.1 Å². The van der Waals surface area contributed by atoms with Crippen LogP contribution in [0.4, 0.5) is 4.79 Å². The van der Waals surface area contributed by atoms with E-state index in [0.717, 1.165) is 6.42 Å². The summed E-state index contributed by atoms with van der Waals surface area (Å²) in [4.78, 5) is 24.6. The summed E-state index contributed by atoms with van der Waals surface area (Å²) in [6.07, 6.45) is 1.16. The number of nitrogens with one attached hydrogen (secondary N) is 1. The van der Waals surface area contributed by atoms with E-state index in [1.54, 1.807) is 0 Å². The highest BCUT2D eigenvalue weighted by atomic mass is 16.6. The molecule has 1 atom stereocenters. The molecule has 0 aliphatic heterocycles.